The predicted octanol–water partition coefficient (Wildman–Crippen LogP) is 4.36. The van der Waals surface area contributed by atoms with E-state index in [1.807, 2.05) is 19.1 Å². The highest BCUT2D eigenvalue weighted by molar-refractivity contribution is 7.33. The zero-order valence-electron chi connectivity index (χ0n) is 10.6. The summed E-state index contributed by atoms with van der Waals surface area (Å²) in [5.74, 6) is 0.605. The minimum atomic E-state index is -2.39. The quantitative estimate of drug-likeness (QED) is 0.512. The summed E-state index contributed by atoms with van der Waals surface area (Å²) in [5, 5.41) is 0. The number of benzene rings is 1. The summed E-state index contributed by atoms with van der Waals surface area (Å²) in [4.78, 5) is 0. The molecule has 0 aliphatic rings. The van der Waals surface area contributed by atoms with Gasteiger partial charge in [-0.2, -0.15) is 0 Å². The Morgan fingerprint density at radius 2 is 1.82 bits per heavy atom. The van der Waals surface area contributed by atoms with Crippen molar-refractivity contribution in [1.82, 2.24) is 0 Å². The first-order valence-corrected chi connectivity index (χ1v) is 7.36. The van der Waals surface area contributed by atoms with Gasteiger partial charge in [0.05, 0.1) is 6.61 Å². The SMILES string of the molecule is CCCCCCO[PH](=O)Oc1ccc(C)cc1. The molecule has 0 bridgehead atoms. The van der Waals surface area contributed by atoms with Crippen molar-refractivity contribution in [3.05, 3.63) is 29.8 Å². The lowest BCUT2D eigenvalue weighted by molar-refractivity contribution is 0.278. The van der Waals surface area contributed by atoms with E-state index in [1.165, 1.54) is 12.8 Å². The Balaban J connectivity index is 2.18. The topological polar surface area (TPSA) is 35.5 Å². The van der Waals surface area contributed by atoms with Gasteiger partial charge in [-0.1, -0.05) is 43.9 Å². The van der Waals surface area contributed by atoms with Crippen LogP contribution in [0.25, 0.3) is 0 Å². The maximum absolute atomic E-state index is 11.5. The van der Waals surface area contributed by atoms with Crippen LogP contribution in [0.1, 0.15) is 38.2 Å². The van der Waals surface area contributed by atoms with Crippen molar-refractivity contribution in [2.75, 3.05) is 6.61 Å². The maximum atomic E-state index is 11.5. The molecule has 1 atom stereocenters. The summed E-state index contributed by atoms with van der Waals surface area (Å²) in [5.41, 5.74) is 1.15. The molecule has 4 heteroatoms. The largest absolute Gasteiger partial charge is 0.426 e. The second-order valence-electron chi connectivity index (χ2n) is 4.07. The third-order valence-electron chi connectivity index (χ3n) is 2.44. The maximum Gasteiger partial charge on any atom is 0.367 e. The molecule has 0 aliphatic carbocycles. The highest BCUT2D eigenvalue weighted by atomic mass is 31.1. The summed E-state index contributed by atoms with van der Waals surface area (Å²) >= 11 is 0. The van der Waals surface area contributed by atoms with Crippen LogP contribution in [0, 0.1) is 6.92 Å². The van der Waals surface area contributed by atoms with Crippen LogP contribution < -0.4 is 4.52 Å². The number of hydrogen-bond acceptors (Lipinski definition) is 3. The lowest BCUT2D eigenvalue weighted by Crippen LogP contribution is -1.90. The molecule has 17 heavy (non-hydrogen) atoms. The van der Waals surface area contributed by atoms with Crippen LogP contribution in [0.4, 0.5) is 0 Å². The van der Waals surface area contributed by atoms with Gasteiger partial charge in [0.1, 0.15) is 5.75 Å². The van der Waals surface area contributed by atoms with Gasteiger partial charge in [0.15, 0.2) is 0 Å². The van der Waals surface area contributed by atoms with Crippen molar-refractivity contribution in [3.63, 3.8) is 0 Å². The van der Waals surface area contributed by atoms with Gasteiger partial charge in [-0.15, -0.1) is 0 Å². The lowest BCUT2D eigenvalue weighted by Gasteiger charge is -2.06. The van der Waals surface area contributed by atoms with Crippen molar-refractivity contribution in [1.29, 1.82) is 0 Å². The molecular formula is C13H21O3P. The summed E-state index contributed by atoms with van der Waals surface area (Å²) in [6.07, 6.45) is 4.45. The normalized spacial score (nSPS) is 12.4. The van der Waals surface area contributed by atoms with E-state index in [1.54, 1.807) is 12.1 Å². The van der Waals surface area contributed by atoms with Crippen LogP contribution in [-0.4, -0.2) is 6.61 Å². The minimum absolute atomic E-state index is 0.518. The van der Waals surface area contributed by atoms with Crippen LogP contribution in [0.3, 0.4) is 0 Å². The zero-order valence-corrected chi connectivity index (χ0v) is 11.6. The molecule has 0 fully saturated rings. The molecule has 3 nitrogen and oxygen atoms in total. The van der Waals surface area contributed by atoms with E-state index in [2.05, 4.69) is 6.92 Å². The summed E-state index contributed by atoms with van der Waals surface area (Å²) < 4.78 is 21.8. The monoisotopic (exact) mass is 256 g/mol. The van der Waals surface area contributed by atoms with Crippen LogP contribution in [-0.2, 0) is 9.09 Å². The Kier molecular flexibility index (Phi) is 6.99. The third-order valence-corrected chi connectivity index (χ3v) is 3.28. The molecule has 0 aromatic heterocycles. The molecule has 1 unspecified atom stereocenters. The van der Waals surface area contributed by atoms with Crippen molar-refractivity contribution < 1.29 is 13.6 Å². The minimum Gasteiger partial charge on any atom is -0.426 e. The van der Waals surface area contributed by atoms with Crippen LogP contribution in [0.5, 0.6) is 5.75 Å². The Morgan fingerprint density at radius 3 is 2.47 bits per heavy atom. The molecule has 0 saturated carbocycles. The molecule has 0 aliphatic heterocycles. The summed E-state index contributed by atoms with van der Waals surface area (Å²) in [7, 11) is -2.39. The summed E-state index contributed by atoms with van der Waals surface area (Å²) in [6.45, 7) is 4.67. The standard InChI is InChI=1S/C13H21O3P/c1-3-4-5-6-11-15-17(14)16-13-9-7-12(2)8-10-13/h7-10,17H,3-6,11H2,1-2H3. The van der Waals surface area contributed by atoms with E-state index in [-0.39, 0.29) is 0 Å². The molecule has 0 spiro atoms. The smallest absolute Gasteiger partial charge is 0.367 e. The van der Waals surface area contributed by atoms with Crippen molar-refractivity contribution >= 4 is 8.25 Å². The molecular weight excluding hydrogens is 235 g/mol. The number of hydrogen-bond donors (Lipinski definition) is 0. The van der Waals surface area contributed by atoms with Crippen LogP contribution >= 0.6 is 8.25 Å². The van der Waals surface area contributed by atoms with Gasteiger partial charge in [-0.3, -0.25) is 0 Å². The van der Waals surface area contributed by atoms with Gasteiger partial charge in [0.2, 0.25) is 0 Å². The predicted molar refractivity (Wildman–Crippen MR) is 70.9 cm³/mol. The third kappa shape index (κ3) is 6.50. The number of rotatable bonds is 8. The number of aryl methyl sites for hydroxylation is 1. The Morgan fingerprint density at radius 1 is 1.12 bits per heavy atom. The van der Waals surface area contributed by atoms with Gasteiger partial charge in [-0.05, 0) is 25.5 Å². The molecule has 1 rings (SSSR count). The first kappa shape index (κ1) is 14.3. The van der Waals surface area contributed by atoms with E-state index in [4.69, 9.17) is 9.05 Å². The van der Waals surface area contributed by atoms with E-state index in [9.17, 15) is 4.57 Å². The fourth-order valence-electron chi connectivity index (χ4n) is 1.42. The lowest BCUT2D eigenvalue weighted by atomic mass is 10.2. The molecule has 1 aromatic carbocycles. The van der Waals surface area contributed by atoms with Gasteiger partial charge < -0.3 is 9.05 Å². The first-order valence-electron chi connectivity index (χ1n) is 6.13. The number of unbranched alkanes of at least 4 members (excludes halogenated alkanes) is 3. The van der Waals surface area contributed by atoms with Crippen molar-refractivity contribution in [2.24, 2.45) is 0 Å². The van der Waals surface area contributed by atoms with Crippen molar-refractivity contribution in [2.45, 2.75) is 39.5 Å². The van der Waals surface area contributed by atoms with Gasteiger partial charge in [0.25, 0.3) is 0 Å². The second kappa shape index (κ2) is 8.32. The Bertz CT molecular complexity index is 335. The van der Waals surface area contributed by atoms with E-state index >= 15 is 0 Å². The van der Waals surface area contributed by atoms with E-state index < -0.39 is 8.25 Å². The molecule has 0 radical (unpaired) electrons. The highest BCUT2D eigenvalue weighted by Gasteiger charge is 2.01. The Labute approximate surface area is 104 Å². The molecule has 96 valence electrons. The van der Waals surface area contributed by atoms with Gasteiger partial charge >= 0.3 is 8.25 Å². The molecule has 0 N–H and O–H groups in total. The summed E-state index contributed by atoms with van der Waals surface area (Å²) in [6, 6.07) is 7.45. The first-order chi connectivity index (χ1) is 8.22. The molecule has 0 saturated heterocycles. The van der Waals surface area contributed by atoms with Crippen molar-refractivity contribution in [3.8, 4) is 5.75 Å². The molecule has 0 heterocycles. The molecule has 0 amide bonds. The second-order valence-corrected chi connectivity index (χ2v) is 5.07. The zero-order chi connectivity index (χ0) is 12.5. The fourth-order valence-corrected chi connectivity index (χ4v) is 2.11. The highest BCUT2D eigenvalue weighted by Crippen LogP contribution is 2.28. The van der Waals surface area contributed by atoms with Gasteiger partial charge in [-0.25, -0.2) is 4.57 Å². The van der Waals surface area contributed by atoms with E-state index in [0.29, 0.717) is 12.4 Å². The average Bonchev–Trinajstić information content (AvgIpc) is 2.32. The van der Waals surface area contributed by atoms with Gasteiger partial charge in [0, 0.05) is 0 Å². The fraction of sp³-hybridized carbons (Fsp3) is 0.538. The van der Waals surface area contributed by atoms with E-state index in [0.717, 1.165) is 18.4 Å². The van der Waals surface area contributed by atoms with Crippen LogP contribution in [0.2, 0.25) is 0 Å². The Hall–Kier alpha value is -0.790. The molecule has 1 aromatic rings. The van der Waals surface area contributed by atoms with Crippen LogP contribution in [0.15, 0.2) is 24.3 Å². The average molecular weight is 256 g/mol.